The minimum Gasteiger partial charge on any atom is -0.267 e. The molecule has 98 valence electrons. The Morgan fingerprint density at radius 1 is 1.45 bits per heavy atom. The first-order chi connectivity index (χ1) is 9.63. The Hall–Kier alpha value is -1.65. The summed E-state index contributed by atoms with van der Waals surface area (Å²) in [6.07, 6.45) is 3.44. The van der Waals surface area contributed by atoms with Gasteiger partial charge in [0.2, 0.25) is 0 Å². The standard InChI is InChI=1S/C14H8ClIN4/c1-20-14(10(16)7-19-20)11-9(6-17)5-8-3-2-4-18-13(8)12(11)15/h2-5,7H,1H3. The Balaban J connectivity index is 2.47. The van der Waals surface area contributed by atoms with Crippen LogP contribution in [-0.4, -0.2) is 14.8 Å². The molecule has 0 radical (unpaired) electrons. The van der Waals surface area contributed by atoms with Crippen LogP contribution in [0, 0.1) is 14.9 Å². The molecule has 0 aliphatic heterocycles. The lowest BCUT2D eigenvalue weighted by Crippen LogP contribution is -1.98. The van der Waals surface area contributed by atoms with E-state index in [1.807, 2.05) is 25.2 Å². The van der Waals surface area contributed by atoms with Crippen LogP contribution in [-0.2, 0) is 7.05 Å². The lowest BCUT2D eigenvalue weighted by molar-refractivity contribution is 0.775. The third-order valence-electron chi connectivity index (χ3n) is 3.09. The third-order valence-corrected chi connectivity index (χ3v) is 4.24. The minimum absolute atomic E-state index is 0.487. The molecule has 0 atom stereocenters. The van der Waals surface area contributed by atoms with Gasteiger partial charge in [-0.1, -0.05) is 17.7 Å². The fourth-order valence-electron chi connectivity index (χ4n) is 2.19. The van der Waals surface area contributed by atoms with Gasteiger partial charge in [0, 0.05) is 24.2 Å². The Morgan fingerprint density at radius 2 is 2.25 bits per heavy atom. The van der Waals surface area contributed by atoms with E-state index in [9.17, 15) is 5.26 Å². The number of aryl methyl sites for hydroxylation is 1. The predicted octanol–water partition coefficient (Wildman–Crippen LogP) is 3.76. The second kappa shape index (κ2) is 5.04. The summed E-state index contributed by atoms with van der Waals surface area (Å²) < 4.78 is 2.66. The molecule has 0 spiro atoms. The van der Waals surface area contributed by atoms with Crippen LogP contribution >= 0.6 is 34.2 Å². The van der Waals surface area contributed by atoms with E-state index < -0.39 is 0 Å². The van der Waals surface area contributed by atoms with Gasteiger partial charge in [-0.25, -0.2) is 0 Å². The molecular weight excluding hydrogens is 387 g/mol. The van der Waals surface area contributed by atoms with Gasteiger partial charge in [0.15, 0.2) is 0 Å². The van der Waals surface area contributed by atoms with Gasteiger partial charge in [-0.05, 0) is 34.7 Å². The summed E-state index contributed by atoms with van der Waals surface area (Å²) in [4.78, 5) is 4.31. The number of hydrogen-bond acceptors (Lipinski definition) is 3. The van der Waals surface area contributed by atoms with Crippen LogP contribution in [0.2, 0.25) is 5.02 Å². The predicted molar refractivity (Wildman–Crippen MR) is 86.4 cm³/mol. The molecule has 0 amide bonds. The van der Waals surface area contributed by atoms with Crippen molar-refractivity contribution in [3.8, 4) is 17.3 Å². The molecule has 3 aromatic rings. The number of rotatable bonds is 1. The van der Waals surface area contributed by atoms with Crippen molar-refractivity contribution >= 4 is 45.1 Å². The molecule has 0 N–H and O–H groups in total. The molecule has 1 aromatic carbocycles. The van der Waals surface area contributed by atoms with E-state index in [-0.39, 0.29) is 0 Å². The van der Waals surface area contributed by atoms with Crippen LogP contribution in [0.4, 0.5) is 0 Å². The second-order valence-corrected chi connectivity index (χ2v) is 5.80. The number of fused-ring (bicyclic) bond motifs is 1. The topological polar surface area (TPSA) is 54.5 Å². The lowest BCUT2D eigenvalue weighted by atomic mass is 10.0. The molecule has 0 unspecified atom stereocenters. The highest BCUT2D eigenvalue weighted by Crippen LogP contribution is 2.38. The van der Waals surface area contributed by atoms with E-state index in [1.165, 1.54) is 0 Å². The zero-order valence-corrected chi connectivity index (χ0v) is 13.3. The summed E-state index contributed by atoms with van der Waals surface area (Å²) in [5.41, 5.74) is 2.74. The third kappa shape index (κ3) is 1.96. The minimum atomic E-state index is 0.487. The molecule has 6 heteroatoms. The van der Waals surface area contributed by atoms with Crippen molar-refractivity contribution in [3.05, 3.63) is 44.7 Å². The van der Waals surface area contributed by atoms with Crippen LogP contribution in [0.3, 0.4) is 0 Å². The number of aromatic nitrogens is 3. The first kappa shape index (κ1) is 13.3. The van der Waals surface area contributed by atoms with Crippen LogP contribution in [0.15, 0.2) is 30.6 Å². The normalized spacial score (nSPS) is 10.7. The maximum absolute atomic E-state index is 9.42. The molecule has 0 bridgehead atoms. The summed E-state index contributed by atoms with van der Waals surface area (Å²) in [6, 6.07) is 7.75. The SMILES string of the molecule is Cn1ncc(I)c1-c1c(C#N)cc2cccnc2c1Cl. The number of pyridine rings is 1. The maximum Gasteiger partial charge on any atom is 0.0999 e. The molecular formula is C14H8ClIN4. The molecule has 0 saturated heterocycles. The molecule has 20 heavy (non-hydrogen) atoms. The number of nitrogens with zero attached hydrogens (tertiary/aromatic N) is 4. The van der Waals surface area contributed by atoms with E-state index in [4.69, 9.17) is 11.6 Å². The largest absolute Gasteiger partial charge is 0.267 e. The van der Waals surface area contributed by atoms with Gasteiger partial charge in [0.1, 0.15) is 0 Å². The van der Waals surface area contributed by atoms with Gasteiger partial charge in [-0.3, -0.25) is 9.67 Å². The number of hydrogen-bond donors (Lipinski definition) is 0. The van der Waals surface area contributed by atoms with Gasteiger partial charge >= 0.3 is 0 Å². The molecule has 2 heterocycles. The van der Waals surface area contributed by atoms with Crippen molar-refractivity contribution in [2.45, 2.75) is 0 Å². The molecule has 2 aromatic heterocycles. The Kier molecular flexibility index (Phi) is 3.36. The average Bonchev–Trinajstić information content (AvgIpc) is 2.78. The average molecular weight is 395 g/mol. The van der Waals surface area contributed by atoms with Gasteiger partial charge in [-0.15, -0.1) is 0 Å². The van der Waals surface area contributed by atoms with Crippen LogP contribution < -0.4 is 0 Å². The summed E-state index contributed by atoms with van der Waals surface area (Å²) in [7, 11) is 1.83. The van der Waals surface area contributed by atoms with E-state index in [2.05, 4.69) is 38.7 Å². The summed E-state index contributed by atoms with van der Waals surface area (Å²) in [5.74, 6) is 0. The first-order valence-electron chi connectivity index (χ1n) is 5.78. The molecule has 3 rings (SSSR count). The quantitative estimate of drug-likeness (QED) is 0.591. The van der Waals surface area contributed by atoms with Crippen LogP contribution in [0.1, 0.15) is 5.56 Å². The van der Waals surface area contributed by atoms with Crippen molar-refractivity contribution in [1.29, 1.82) is 5.26 Å². The van der Waals surface area contributed by atoms with E-state index in [1.54, 1.807) is 17.1 Å². The number of benzene rings is 1. The van der Waals surface area contributed by atoms with Gasteiger partial charge in [0.05, 0.1) is 37.6 Å². The van der Waals surface area contributed by atoms with Gasteiger partial charge < -0.3 is 0 Å². The van der Waals surface area contributed by atoms with Crippen LogP contribution in [0.25, 0.3) is 22.2 Å². The zero-order valence-electron chi connectivity index (χ0n) is 10.4. The zero-order chi connectivity index (χ0) is 14.3. The highest BCUT2D eigenvalue weighted by molar-refractivity contribution is 14.1. The Bertz CT molecular complexity index is 844. The first-order valence-corrected chi connectivity index (χ1v) is 7.24. The second-order valence-electron chi connectivity index (χ2n) is 4.26. The van der Waals surface area contributed by atoms with E-state index >= 15 is 0 Å². The van der Waals surface area contributed by atoms with Crippen LogP contribution in [0.5, 0.6) is 0 Å². The van der Waals surface area contributed by atoms with E-state index in [0.29, 0.717) is 21.7 Å². The van der Waals surface area contributed by atoms with Crippen molar-refractivity contribution in [2.24, 2.45) is 7.05 Å². The van der Waals surface area contributed by atoms with Crippen molar-refractivity contribution in [2.75, 3.05) is 0 Å². The molecule has 0 saturated carbocycles. The smallest absolute Gasteiger partial charge is 0.0999 e. The van der Waals surface area contributed by atoms with Gasteiger partial charge in [-0.2, -0.15) is 10.4 Å². The molecule has 0 fully saturated rings. The summed E-state index contributed by atoms with van der Waals surface area (Å²) in [5, 5.41) is 15.0. The fraction of sp³-hybridized carbons (Fsp3) is 0.0714. The van der Waals surface area contributed by atoms with Crippen molar-refractivity contribution in [1.82, 2.24) is 14.8 Å². The van der Waals surface area contributed by atoms with Crippen molar-refractivity contribution < 1.29 is 0 Å². The Labute approximate surface area is 134 Å². The van der Waals surface area contributed by atoms with Gasteiger partial charge in [0.25, 0.3) is 0 Å². The molecule has 0 aliphatic rings. The summed E-state index contributed by atoms with van der Waals surface area (Å²) in [6.45, 7) is 0. The monoisotopic (exact) mass is 394 g/mol. The fourth-order valence-corrected chi connectivity index (χ4v) is 3.29. The maximum atomic E-state index is 9.42. The molecule has 0 aliphatic carbocycles. The highest BCUT2D eigenvalue weighted by Gasteiger charge is 2.19. The molecule has 4 nitrogen and oxygen atoms in total. The highest BCUT2D eigenvalue weighted by atomic mass is 127. The lowest BCUT2D eigenvalue weighted by Gasteiger charge is -2.10. The van der Waals surface area contributed by atoms with Crippen molar-refractivity contribution in [3.63, 3.8) is 0 Å². The van der Waals surface area contributed by atoms with E-state index in [0.717, 1.165) is 14.7 Å². The Morgan fingerprint density at radius 3 is 2.90 bits per heavy atom. The summed E-state index contributed by atoms with van der Waals surface area (Å²) >= 11 is 8.69. The number of nitriles is 1. The number of halogens is 2.